The highest BCUT2D eigenvalue weighted by atomic mass is 16.5. The lowest BCUT2D eigenvalue weighted by molar-refractivity contribution is 0.135. The fourth-order valence-electron chi connectivity index (χ4n) is 1.01. The van der Waals surface area contributed by atoms with E-state index in [1.54, 1.807) is 7.11 Å². The quantitative estimate of drug-likeness (QED) is 0.668. The third-order valence-corrected chi connectivity index (χ3v) is 2.10. The molecule has 0 spiro atoms. The predicted octanol–water partition coefficient (Wildman–Crippen LogP) is 1.82. The first-order chi connectivity index (χ1) is 6.76. The van der Waals surface area contributed by atoms with Gasteiger partial charge in [-0.15, -0.1) is 0 Å². The molecule has 0 aromatic heterocycles. The van der Waals surface area contributed by atoms with Crippen molar-refractivity contribution in [3.8, 4) is 0 Å². The van der Waals surface area contributed by atoms with Gasteiger partial charge in [-0.2, -0.15) is 0 Å². The number of aliphatic hydroxyl groups excluding tert-OH is 2. The smallest absolute Gasteiger partial charge is 0.0693 e. The Hall–Kier alpha value is -0.120. The van der Waals surface area contributed by atoms with Crippen LogP contribution in [-0.2, 0) is 4.74 Å². The average molecular weight is 206 g/mol. The molecule has 0 saturated carbocycles. The van der Waals surface area contributed by atoms with Crippen LogP contribution in [0.15, 0.2) is 0 Å². The highest BCUT2D eigenvalue weighted by Gasteiger charge is 2.01. The average Bonchev–Trinajstić information content (AvgIpc) is 2.22. The van der Waals surface area contributed by atoms with Crippen molar-refractivity contribution in [1.29, 1.82) is 0 Å². The van der Waals surface area contributed by atoms with E-state index in [-0.39, 0.29) is 6.61 Å². The standard InChI is InChI=1S/C8H18O.C3H8O2/c1-3-5-6-8(4-2)7-9;1-5-3-2-4/h8-9H,3-7H2,1-2H3;4H,2-3H2,1H3. The second-order valence-electron chi connectivity index (χ2n) is 3.32. The topological polar surface area (TPSA) is 49.7 Å². The summed E-state index contributed by atoms with van der Waals surface area (Å²) in [6.07, 6.45) is 4.83. The Labute approximate surface area is 88.1 Å². The third kappa shape index (κ3) is 14.4. The van der Waals surface area contributed by atoms with Gasteiger partial charge < -0.3 is 14.9 Å². The Kier molecular flexibility index (Phi) is 17.9. The maximum atomic E-state index is 8.75. The summed E-state index contributed by atoms with van der Waals surface area (Å²) in [4.78, 5) is 0. The Bertz CT molecular complexity index is 80.6. The zero-order chi connectivity index (χ0) is 11.2. The summed E-state index contributed by atoms with van der Waals surface area (Å²) in [5.74, 6) is 0.560. The second-order valence-corrected chi connectivity index (χ2v) is 3.32. The van der Waals surface area contributed by atoms with Crippen molar-refractivity contribution < 1.29 is 14.9 Å². The van der Waals surface area contributed by atoms with E-state index in [9.17, 15) is 0 Å². The van der Waals surface area contributed by atoms with Gasteiger partial charge in [-0.3, -0.25) is 0 Å². The van der Waals surface area contributed by atoms with Crippen LogP contribution >= 0.6 is 0 Å². The minimum absolute atomic E-state index is 0.122. The summed E-state index contributed by atoms with van der Waals surface area (Å²) >= 11 is 0. The van der Waals surface area contributed by atoms with Gasteiger partial charge in [0, 0.05) is 13.7 Å². The van der Waals surface area contributed by atoms with Crippen molar-refractivity contribution in [3.05, 3.63) is 0 Å². The first-order valence-corrected chi connectivity index (χ1v) is 5.47. The highest BCUT2D eigenvalue weighted by molar-refractivity contribution is 4.53. The number of unbranched alkanes of at least 4 members (excludes halogenated alkanes) is 1. The highest BCUT2D eigenvalue weighted by Crippen LogP contribution is 2.10. The Morgan fingerprint density at radius 2 is 1.86 bits per heavy atom. The molecule has 88 valence electrons. The summed E-state index contributed by atoms with van der Waals surface area (Å²) < 4.78 is 4.44. The Morgan fingerprint density at radius 1 is 1.21 bits per heavy atom. The fourth-order valence-corrected chi connectivity index (χ4v) is 1.01. The number of hydrogen-bond acceptors (Lipinski definition) is 3. The van der Waals surface area contributed by atoms with Gasteiger partial charge >= 0.3 is 0 Å². The van der Waals surface area contributed by atoms with Crippen molar-refractivity contribution in [3.63, 3.8) is 0 Å². The van der Waals surface area contributed by atoms with E-state index in [2.05, 4.69) is 18.6 Å². The summed E-state index contributed by atoms with van der Waals surface area (Å²) in [5, 5.41) is 16.7. The molecule has 0 aliphatic carbocycles. The fraction of sp³-hybridized carbons (Fsp3) is 1.00. The zero-order valence-corrected chi connectivity index (χ0v) is 9.83. The van der Waals surface area contributed by atoms with Crippen LogP contribution in [0.4, 0.5) is 0 Å². The molecule has 2 N–H and O–H groups in total. The van der Waals surface area contributed by atoms with Crippen LogP contribution in [0, 0.1) is 5.92 Å². The minimum atomic E-state index is 0.122. The maximum Gasteiger partial charge on any atom is 0.0693 e. The summed E-state index contributed by atoms with van der Waals surface area (Å²) in [6, 6.07) is 0. The molecule has 0 radical (unpaired) electrons. The van der Waals surface area contributed by atoms with Gasteiger partial charge in [-0.25, -0.2) is 0 Å². The number of rotatable bonds is 7. The van der Waals surface area contributed by atoms with Crippen molar-refractivity contribution in [2.75, 3.05) is 26.9 Å². The lowest BCUT2D eigenvalue weighted by Gasteiger charge is -2.08. The van der Waals surface area contributed by atoms with Crippen LogP contribution in [0.25, 0.3) is 0 Å². The van der Waals surface area contributed by atoms with Crippen LogP contribution in [0.5, 0.6) is 0 Å². The summed E-state index contributed by atoms with van der Waals surface area (Å²) in [5.41, 5.74) is 0. The molecule has 0 rings (SSSR count). The Morgan fingerprint density at radius 3 is 2.07 bits per heavy atom. The molecule has 0 aromatic carbocycles. The number of hydrogen-bond donors (Lipinski definition) is 2. The van der Waals surface area contributed by atoms with Crippen LogP contribution in [0.2, 0.25) is 0 Å². The van der Waals surface area contributed by atoms with Gasteiger partial charge in [0.1, 0.15) is 0 Å². The predicted molar refractivity (Wildman–Crippen MR) is 59.4 cm³/mol. The first-order valence-electron chi connectivity index (χ1n) is 5.47. The van der Waals surface area contributed by atoms with E-state index in [1.807, 2.05) is 0 Å². The molecular weight excluding hydrogens is 180 g/mol. The van der Waals surface area contributed by atoms with Crippen LogP contribution in [0.3, 0.4) is 0 Å². The van der Waals surface area contributed by atoms with Crippen LogP contribution in [-0.4, -0.2) is 37.1 Å². The van der Waals surface area contributed by atoms with E-state index in [0.717, 1.165) is 6.42 Å². The lowest BCUT2D eigenvalue weighted by Crippen LogP contribution is -2.03. The van der Waals surface area contributed by atoms with Gasteiger partial charge in [0.05, 0.1) is 13.2 Å². The van der Waals surface area contributed by atoms with E-state index < -0.39 is 0 Å². The molecule has 3 heteroatoms. The largest absolute Gasteiger partial charge is 0.396 e. The van der Waals surface area contributed by atoms with Gasteiger partial charge in [0.15, 0.2) is 0 Å². The van der Waals surface area contributed by atoms with Crippen molar-refractivity contribution >= 4 is 0 Å². The summed E-state index contributed by atoms with van der Waals surface area (Å²) in [7, 11) is 1.55. The molecule has 0 heterocycles. The van der Waals surface area contributed by atoms with E-state index in [0.29, 0.717) is 19.1 Å². The molecule has 0 aromatic rings. The molecule has 0 saturated heterocycles. The molecule has 1 atom stereocenters. The van der Waals surface area contributed by atoms with Gasteiger partial charge in [-0.1, -0.05) is 33.1 Å². The zero-order valence-electron chi connectivity index (χ0n) is 9.83. The van der Waals surface area contributed by atoms with Crippen molar-refractivity contribution in [1.82, 2.24) is 0 Å². The first kappa shape index (κ1) is 16.3. The molecular formula is C11H26O3. The van der Waals surface area contributed by atoms with Crippen molar-refractivity contribution in [2.45, 2.75) is 39.5 Å². The van der Waals surface area contributed by atoms with E-state index >= 15 is 0 Å². The van der Waals surface area contributed by atoms with Crippen LogP contribution < -0.4 is 0 Å². The minimum Gasteiger partial charge on any atom is -0.396 e. The molecule has 0 amide bonds. The number of aliphatic hydroxyl groups is 2. The Balaban J connectivity index is 0. The monoisotopic (exact) mass is 206 g/mol. The SMILES string of the molecule is CCCCC(CC)CO.COCCO. The van der Waals surface area contributed by atoms with Gasteiger partial charge in [0.2, 0.25) is 0 Å². The van der Waals surface area contributed by atoms with Crippen LogP contribution in [0.1, 0.15) is 39.5 Å². The molecule has 0 aliphatic rings. The van der Waals surface area contributed by atoms with E-state index in [1.165, 1.54) is 19.3 Å². The van der Waals surface area contributed by atoms with Gasteiger partial charge in [-0.05, 0) is 12.3 Å². The molecule has 0 fully saturated rings. The lowest BCUT2D eigenvalue weighted by atomic mass is 10.0. The molecule has 14 heavy (non-hydrogen) atoms. The maximum absolute atomic E-state index is 8.75. The molecule has 3 nitrogen and oxygen atoms in total. The molecule has 1 unspecified atom stereocenters. The molecule has 0 bridgehead atoms. The van der Waals surface area contributed by atoms with E-state index in [4.69, 9.17) is 10.2 Å². The third-order valence-electron chi connectivity index (χ3n) is 2.10. The second kappa shape index (κ2) is 15.4. The number of methoxy groups -OCH3 is 1. The molecule has 0 aliphatic heterocycles. The normalized spacial score (nSPS) is 11.8. The van der Waals surface area contributed by atoms with Gasteiger partial charge in [0.25, 0.3) is 0 Å². The number of ether oxygens (including phenoxy) is 1. The summed E-state index contributed by atoms with van der Waals surface area (Å²) in [6.45, 7) is 5.26. The van der Waals surface area contributed by atoms with Crippen molar-refractivity contribution in [2.24, 2.45) is 5.92 Å².